The van der Waals surface area contributed by atoms with E-state index in [9.17, 15) is 4.79 Å². The van der Waals surface area contributed by atoms with Gasteiger partial charge >= 0.3 is 6.03 Å². The number of aliphatic hydroxyl groups excluding tert-OH is 1. The third-order valence-electron chi connectivity index (χ3n) is 3.59. The van der Waals surface area contributed by atoms with E-state index >= 15 is 0 Å². The maximum absolute atomic E-state index is 11.7. The molecule has 0 aromatic rings. The minimum absolute atomic E-state index is 0.0315. The van der Waals surface area contributed by atoms with Crippen LogP contribution in [-0.2, 0) is 0 Å². The maximum Gasteiger partial charge on any atom is 0.315 e. The van der Waals surface area contributed by atoms with Gasteiger partial charge in [0.05, 0.1) is 12.6 Å². The molecule has 0 saturated heterocycles. The van der Waals surface area contributed by atoms with Crippen molar-refractivity contribution < 1.29 is 9.90 Å². The van der Waals surface area contributed by atoms with Crippen molar-refractivity contribution in [2.75, 3.05) is 33.8 Å². The highest BCUT2D eigenvalue weighted by Crippen LogP contribution is 2.37. The Labute approximate surface area is 110 Å². The van der Waals surface area contributed by atoms with Crippen molar-refractivity contribution >= 4 is 6.03 Å². The molecule has 1 fully saturated rings. The smallest absolute Gasteiger partial charge is 0.315 e. The van der Waals surface area contributed by atoms with E-state index in [1.165, 1.54) is 25.7 Å². The summed E-state index contributed by atoms with van der Waals surface area (Å²) in [6, 6.07) is -0.375. The molecule has 106 valence electrons. The van der Waals surface area contributed by atoms with Crippen LogP contribution < -0.4 is 10.6 Å². The minimum Gasteiger partial charge on any atom is -0.394 e. The molecule has 0 spiro atoms. The number of carbonyl (C=O) groups is 1. The SMILES string of the molecule is CC(CO)NC(=O)NCC1(CN(C)C)CCCC1. The highest BCUT2D eigenvalue weighted by molar-refractivity contribution is 5.74. The minimum atomic E-state index is -0.196. The summed E-state index contributed by atoms with van der Waals surface area (Å²) < 4.78 is 0. The van der Waals surface area contributed by atoms with Gasteiger partial charge in [0.2, 0.25) is 0 Å². The normalized spacial score (nSPS) is 19.8. The van der Waals surface area contributed by atoms with Crippen molar-refractivity contribution in [3.8, 4) is 0 Å². The highest BCUT2D eigenvalue weighted by Gasteiger charge is 2.34. The third kappa shape index (κ3) is 4.82. The van der Waals surface area contributed by atoms with Crippen LogP contribution in [0.3, 0.4) is 0 Å². The molecule has 0 bridgehead atoms. The van der Waals surface area contributed by atoms with E-state index in [0.29, 0.717) is 0 Å². The Kier molecular flexibility index (Phi) is 5.88. The third-order valence-corrected chi connectivity index (χ3v) is 3.59. The fraction of sp³-hybridized carbons (Fsp3) is 0.923. The van der Waals surface area contributed by atoms with Crippen molar-refractivity contribution in [2.45, 2.75) is 38.6 Å². The summed E-state index contributed by atoms with van der Waals surface area (Å²) in [5, 5.41) is 14.5. The van der Waals surface area contributed by atoms with Crippen LogP contribution in [0.1, 0.15) is 32.6 Å². The number of nitrogens with one attached hydrogen (secondary N) is 2. The largest absolute Gasteiger partial charge is 0.394 e. The molecular formula is C13H27N3O2. The van der Waals surface area contributed by atoms with Crippen molar-refractivity contribution in [3.63, 3.8) is 0 Å². The first-order valence-electron chi connectivity index (χ1n) is 6.77. The van der Waals surface area contributed by atoms with Crippen LogP contribution in [0.25, 0.3) is 0 Å². The Hall–Kier alpha value is -0.810. The second kappa shape index (κ2) is 6.95. The van der Waals surface area contributed by atoms with Gasteiger partial charge in [-0.25, -0.2) is 4.79 Å². The first kappa shape index (κ1) is 15.2. The summed E-state index contributed by atoms with van der Waals surface area (Å²) >= 11 is 0. The van der Waals surface area contributed by atoms with Gasteiger partial charge in [0.1, 0.15) is 0 Å². The zero-order valence-electron chi connectivity index (χ0n) is 11.8. The lowest BCUT2D eigenvalue weighted by Crippen LogP contribution is -2.48. The molecule has 1 aliphatic carbocycles. The highest BCUT2D eigenvalue weighted by atomic mass is 16.3. The molecule has 0 aromatic heterocycles. The van der Waals surface area contributed by atoms with Crippen molar-refractivity contribution in [1.82, 2.24) is 15.5 Å². The Morgan fingerprint density at radius 3 is 2.50 bits per heavy atom. The molecule has 1 aliphatic rings. The lowest BCUT2D eigenvalue weighted by molar-refractivity contribution is 0.186. The first-order valence-corrected chi connectivity index (χ1v) is 6.77. The van der Waals surface area contributed by atoms with Crippen LogP contribution in [0.15, 0.2) is 0 Å². The zero-order valence-corrected chi connectivity index (χ0v) is 11.8. The number of hydrogen-bond donors (Lipinski definition) is 3. The Bertz CT molecular complexity index is 263. The number of hydrogen-bond acceptors (Lipinski definition) is 3. The molecule has 0 aliphatic heterocycles. The van der Waals surface area contributed by atoms with E-state index in [0.717, 1.165) is 13.1 Å². The van der Waals surface area contributed by atoms with Gasteiger partial charge in [-0.2, -0.15) is 0 Å². The van der Waals surface area contributed by atoms with Crippen LogP contribution in [0, 0.1) is 5.41 Å². The zero-order chi connectivity index (χ0) is 13.6. The lowest BCUT2D eigenvalue weighted by atomic mass is 9.85. The first-order chi connectivity index (χ1) is 8.47. The number of aliphatic hydroxyl groups is 1. The average Bonchev–Trinajstić information content (AvgIpc) is 2.74. The van der Waals surface area contributed by atoms with Gasteiger partial charge in [0.25, 0.3) is 0 Å². The number of nitrogens with zero attached hydrogens (tertiary/aromatic N) is 1. The summed E-state index contributed by atoms with van der Waals surface area (Å²) in [5.74, 6) is 0. The van der Waals surface area contributed by atoms with Gasteiger partial charge in [0, 0.05) is 18.5 Å². The van der Waals surface area contributed by atoms with Crippen molar-refractivity contribution in [2.24, 2.45) is 5.41 Å². The second-order valence-electron chi connectivity index (χ2n) is 5.86. The fourth-order valence-corrected chi connectivity index (χ4v) is 2.77. The van der Waals surface area contributed by atoms with Gasteiger partial charge in [-0.05, 0) is 33.9 Å². The van der Waals surface area contributed by atoms with Gasteiger partial charge in [-0.1, -0.05) is 12.8 Å². The van der Waals surface area contributed by atoms with Crippen LogP contribution in [0.2, 0.25) is 0 Å². The topological polar surface area (TPSA) is 64.6 Å². The van der Waals surface area contributed by atoms with E-state index in [1.54, 1.807) is 6.92 Å². The fourth-order valence-electron chi connectivity index (χ4n) is 2.77. The number of urea groups is 1. The molecule has 0 radical (unpaired) electrons. The van der Waals surface area contributed by atoms with E-state index in [1.807, 2.05) is 0 Å². The number of carbonyl (C=O) groups excluding carboxylic acids is 1. The summed E-state index contributed by atoms with van der Waals surface area (Å²) in [4.78, 5) is 13.8. The van der Waals surface area contributed by atoms with Crippen LogP contribution in [-0.4, -0.2) is 55.9 Å². The summed E-state index contributed by atoms with van der Waals surface area (Å²) in [6.45, 7) is 3.49. The molecule has 3 N–H and O–H groups in total. The van der Waals surface area contributed by atoms with Gasteiger partial charge in [-0.15, -0.1) is 0 Å². The molecule has 0 aromatic carbocycles. The Morgan fingerprint density at radius 1 is 1.39 bits per heavy atom. The summed E-state index contributed by atoms with van der Waals surface area (Å²) in [5.41, 5.74) is 0.225. The monoisotopic (exact) mass is 257 g/mol. The Balaban J connectivity index is 2.40. The van der Waals surface area contributed by atoms with Gasteiger partial charge in [-0.3, -0.25) is 0 Å². The van der Waals surface area contributed by atoms with Crippen molar-refractivity contribution in [1.29, 1.82) is 0 Å². The molecule has 5 heteroatoms. The molecule has 1 unspecified atom stereocenters. The number of amides is 2. The quantitative estimate of drug-likeness (QED) is 0.659. The molecule has 5 nitrogen and oxygen atoms in total. The molecule has 2 amide bonds. The standard InChI is InChI=1S/C13H27N3O2/c1-11(8-17)15-12(18)14-9-13(10-16(2)3)6-4-5-7-13/h11,17H,4-10H2,1-3H3,(H2,14,15,18). The second-order valence-corrected chi connectivity index (χ2v) is 5.86. The van der Waals surface area contributed by atoms with E-state index in [4.69, 9.17) is 5.11 Å². The van der Waals surface area contributed by atoms with Crippen molar-refractivity contribution in [3.05, 3.63) is 0 Å². The molecule has 1 rings (SSSR count). The summed E-state index contributed by atoms with van der Waals surface area (Å²) in [7, 11) is 4.15. The molecular weight excluding hydrogens is 230 g/mol. The molecule has 0 heterocycles. The molecule has 1 atom stereocenters. The van der Waals surface area contributed by atoms with Crippen LogP contribution in [0.4, 0.5) is 4.79 Å². The lowest BCUT2D eigenvalue weighted by Gasteiger charge is -2.32. The van der Waals surface area contributed by atoms with E-state index < -0.39 is 0 Å². The van der Waals surface area contributed by atoms with Crippen LogP contribution >= 0.6 is 0 Å². The Morgan fingerprint density at radius 2 is 2.00 bits per heavy atom. The maximum atomic E-state index is 11.7. The predicted molar refractivity (Wildman–Crippen MR) is 72.5 cm³/mol. The number of rotatable bonds is 6. The predicted octanol–water partition coefficient (Wildman–Crippen LogP) is 0.788. The molecule has 1 saturated carbocycles. The van der Waals surface area contributed by atoms with E-state index in [2.05, 4.69) is 29.6 Å². The summed E-state index contributed by atoms with van der Waals surface area (Å²) in [6.07, 6.45) is 4.87. The average molecular weight is 257 g/mol. The van der Waals surface area contributed by atoms with Gasteiger partial charge in [0.15, 0.2) is 0 Å². The van der Waals surface area contributed by atoms with Gasteiger partial charge < -0.3 is 20.6 Å². The van der Waals surface area contributed by atoms with E-state index in [-0.39, 0.29) is 24.1 Å². The molecule has 18 heavy (non-hydrogen) atoms. The van der Waals surface area contributed by atoms with Crippen LogP contribution in [0.5, 0.6) is 0 Å².